The molecule has 1 atom stereocenters. The van der Waals surface area contributed by atoms with Crippen molar-refractivity contribution in [1.29, 1.82) is 0 Å². The van der Waals surface area contributed by atoms with E-state index in [1.165, 1.54) is 17.0 Å². The van der Waals surface area contributed by atoms with Gasteiger partial charge in [0.1, 0.15) is 16.7 Å². The molecule has 1 aliphatic rings. The number of hydrogen-bond acceptors (Lipinski definition) is 6. The van der Waals surface area contributed by atoms with Crippen LogP contribution in [0.25, 0.3) is 0 Å². The van der Waals surface area contributed by atoms with Gasteiger partial charge in [0.25, 0.3) is 15.9 Å². The summed E-state index contributed by atoms with van der Waals surface area (Å²) in [7, 11) is -2.36. The molecule has 9 nitrogen and oxygen atoms in total. The number of amides is 3. The Morgan fingerprint density at radius 1 is 1.12 bits per heavy atom. The van der Waals surface area contributed by atoms with E-state index >= 15 is 0 Å². The molecule has 3 rings (SSSR count). The number of sulfonamides is 1. The fourth-order valence-corrected chi connectivity index (χ4v) is 5.41. The van der Waals surface area contributed by atoms with Gasteiger partial charge in [-0.15, -0.1) is 0 Å². The molecule has 1 aliphatic heterocycles. The normalized spacial score (nSPS) is 14.9. The lowest BCUT2D eigenvalue weighted by molar-refractivity contribution is -0.140. The van der Waals surface area contributed by atoms with Gasteiger partial charge in [-0.3, -0.25) is 14.4 Å². The van der Waals surface area contributed by atoms with Crippen LogP contribution in [-0.4, -0.2) is 61.6 Å². The quantitative estimate of drug-likeness (QED) is 0.550. The van der Waals surface area contributed by atoms with E-state index in [0.29, 0.717) is 12.3 Å². The van der Waals surface area contributed by atoms with Gasteiger partial charge in [0.2, 0.25) is 11.8 Å². The average Bonchev–Trinajstić information content (AvgIpc) is 3.03. The van der Waals surface area contributed by atoms with E-state index < -0.39 is 22.0 Å². The lowest BCUT2D eigenvalue weighted by atomic mass is 10.1. The predicted octanol–water partition coefficient (Wildman–Crippen LogP) is 2.17. The first-order valence-electron chi connectivity index (χ1n) is 11.1. The van der Waals surface area contributed by atoms with Crippen LogP contribution in [0, 0.1) is 0 Å². The van der Waals surface area contributed by atoms with Crippen molar-refractivity contribution in [3.8, 4) is 5.75 Å². The summed E-state index contributed by atoms with van der Waals surface area (Å²) in [5.74, 6) is -0.502. The van der Waals surface area contributed by atoms with Gasteiger partial charge in [0, 0.05) is 26.1 Å². The minimum absolute atomic E-state index is 0.0164. The third-order valence-electron chi connectivity index (χ3n) is 5.69. The van der Waals surface area contributed by atoms with Crippen LogP contribution in [0.1, 0.15) is 42.6 Å². The minimum atomic E-state index is -3.92. The summed E-state index contributed by atoms with van der Waals surface area (Å²) in [5.41, 5.74) is 0.956. The molecular weight excluding hydrogens is 458 g/mol. The molecular formula is C24H29N3O6S. The monoisotopic (exact) mass is 487 g/mol. The Morgan fingerprint density at radius 3 is 2.41 bits per heavy atom. The lowest BCUT2D eigenvalue weighted by Gasteiger charge is -2.29. The zero-order valence-electron chi connectivity index (χ0n) is 19.5. The molecule has 0 radical (unpaired) electrons. The first-order chi connectivity index (χ1) is 16.2. The van der Waals surface area contributed by atoms with Crippen LogP contribution in [0.15, 0.2) is 53.4 Å². The molecule has 10 heteroatoms. The van der Waals surface area contributed by atoms with Crippen molar-refractivity contribution in [2.75, 3.05) is 20.2 Å². The highest BCUT2D eigenvalue weighted by Gasteiger charge is 2.40. The Morgan fingerprint density at radius 2 is 1.79 bits per heavy atom. The number of methoxy groups -OCH3 is 1. The smallest absolute Gasteiger partial charge is 0.269 e. The second-order valence-electron chi connectivity index (χ2n) is 7.92. The Hall–Kier alpha value is -3.40. The summed E-state index contributed by atoms with van der Waals surface area (Å²) < 4.78 is 31.4. The van der Waals surface area contributed by atoms with Crippen molar-refractivity contribution in [3.05, 3.63) is 59.7 Å². The molecule has 0 fully saturated rings. The number of carbonyl (C=O) groups excluding carboxylic acids is 3. The minimum Gasteiger partial charge on any atom is -0.497 e. The van der Waals surface area contributed by atoms with E-state index in [-0.39, 0.29) is 48.2 Å². The number of benzene rings is 2. The number of nitrogens with one attached hydrogen (secondary N) is 1. The molecule has 3 amide bonds. The zero-order valence-corrected chi connectivity index (χ0v) is 20.3. The van der Waals surface area contributed by atoms with Crippen LogP contribution in [0.5, 0.6) is 5.75 Å². The van der Waals surface area contributed by atoms with Crippen molar-refractivity contribution < 1.29 is 27.5 Å². The number of fused-ring (bicyclic) bond motifs is 1. The maximum Gasteiger partial charge on any atom is 0.269 e. The molecule has 0 aromatic heterocycles. The molecule has 0 spiro atoms. The zero-order chi connectivity index (χ0) is 24.9. The molecule has 182 valence electrons. The predicted molar refractivity (Wildman–Crippen MR) is 126 cm³/mol. The first kappa shape index (κ1) is 25.2. The molecule has 0 unspecified atom stereocenters. The van der Waals surface area contributed by atoms with Crippen LogP contribution < -0.4 is 10.1 Å². The molecule has 0 bridgehead atoms. The Bertz CT molecular complexity index is 1160. The van der Waals surface area contributed by atoms with Crippen molar-refractivity contribution in [2.24, 2.45) is 0 Å². The maximum absolute atomic E-state index is 13.1. The number of nitrogens with zero attached hydrogens (tertiary/aromatic N) is 2. The van der Waals surface area contributed by atoms with Crippen molar-refractivity contribution >= 4 is 27.7 Å². The number of carbonyl (C=O) groups is 3. The number of rotatable bonds is 10. The van der Waals surface area contributed by atoms with Crippen LogP contribution in [-0.2, 0) is 26.2 Å². The summed E-state index contributed by atoms with van der Waals surface area (Å²) in [6.45, 7) is 3.97. The second-order valence-corrected chi connectivity index (χ2v) is 9.75. The molecule has 2 aromatic carbocycles. The van der Waals surface area contributed by atoms with Gasteiger partial charge in [-0.1, -0.05) is 24.3 Å². The van der Waals surface area contributed by atoms with Gasteiger partial charge >= 0.3 is 0 Å². The lowest BCUT2D eigenvalue weighted by Crippen LogP contribution is -2.47. The highest BCUT2D eigenvalue weighted by atomic mass is 32.2. The largest absolute Gasteiger partial charge is 0.497 e. The van der Waals surface area contributed by atoms with Gasteiger partial charge in [0.15, 0.2) is 0 Å². The van der Waals surface area contributed by atoms with E-state index in [9.17, 15) is 22.8 Å². The molecule has 34 heavy (non-hydrogen) atoms. The van der Waals surface area contributed by atoms with Gasteiger partial charge in [-0.05, 0) is 50.1 Å². The summed E-state index contributed by atoms with van der Waals surface area (Å²) in [6, 6.07) is 12.5. The fourth-order valence-electron chi connectivity index (χ4n) is 3.80. The molecule has 0 aliphatic carbocycles. The van der Waals surface area contributed by atoms with Crippen LogP contribution in [0.2, 0.25) is 0 Å². The highest BCUT2D eigenvalue weighted by Crippen LogP contribution is 2.30. The van der Waals surface area contributed by atoms with Gasteiger partial charge in [-0.2, -0.15) is 0 Å². The van der Waals surface area contributed by atoms with Crippen LogP contribution in [0.3, 0.4) is 0 Å². The van der Waals surface area contributed by atoms with E-state index in [4.69, 9.17) is 4.74 Å². The highest BCUT2D eigenvalue weighted by molar-refractivity contribution is 7.90. The number of ether oxygens (including phenoxy) is 1. The summed E-state index contributed by atoms with van der Waals surface area (Å²) in [5, 5.41) is 2.73. The third-order valence-corrected chi connectivity index (χ3v) is 7.53. The van der Waals surface area contributed by atoms with Gasteiger partial charge in [-0.25, -0.2) is 12.7 Å². The third kappa shape index (κ3) is 5.22. The number of hydrogen-bond donors (Lipinski definition) is 1. The first-order valence-corrected chi connectivity index (χ1v) is 12.5. The average molecular weight is 488 g/mol. The molecule has 0 saturated carbocycles. The Balaban J connectivity index is 1.70. The van der Waals surface area contributed by atoms with Crippen molar-refractivity contribution in [2.45, 2.75) is 44.2 Å². The molecule has 0 saturated heterocycles. The maximum atomic E-state index is 13.1. The van der Waals surface area contributed by atoms with Crippen LogP contribution >= 0.6 is 0 Å². The molecule has 2 aromatic rings. The van der Waals surface area contributed by atoms with E-state index in [0.717, 1.165) is 9.87 Å². The van der Waals surface area contributed by atoms with E-state index in [2.05, 4.69) is 5.32 Å². The van der Waals surface area contributed by atoms with E-state index in [1.54, 1.807) is 45.2 Å². The standard InChI is InChI=1S/C24H29N3O6S/c1-4-25-23(29)17(2)26(16-18-11-13-19(33-3)14-12-18)22(28)10-7-15-27-24(30)20-8-5-6-9-21(20)34(27,31)32/h5-6,8-9,11-14,17H,4,7,10,15-16H2,1-3H3,(H,25,29)/t17-/m1/s1. The molecule has 1 N–H and O–H groups in total. The number of likely N-dealkylation sites (N-methyl/N-ethyl adjacent to an activating group) is 1. The van der Waals surface area contributed by atoms with Crippen molar-refractivity contribution in [1.82, 2.24) is 14.5 Å². The Kier molecular flexibility index (Phi) is 7.93. The SMILES string of the molecule is CCNC(=O)[C@@H](C)N(Cc1ccc(OC)cc1)C(=O)CCCN1C(=O)c2ccccc2S1(=O)=O. The van der Waals surface area contributed by atoms with Gasteiger partial charge in [0.05, 0.1) is 12.7 Å². The summed E-state index contributed by atoms with van der Waals surface area (Å²) in [6.07, 6.45) is 0.120. The topological polar surface area (TPSA) is 113 Å². The van der Waals surface area contributed by atoms with Gasteiger partial charge < -0.3 is 15.0 Å². The van der Waals surface area contributed by atoms with Crippen molar-refractivity contribution in [3.63, 3.8) is 0 Å². The molecule has 1 heterocycles. The Labute approximate surface area is 199 Å². The van der Waals surface area contributed by atoms with E-state index in [1.807, 2.05) is 12.1 Å². The summed E-state index contributed by atoms with van der Waals surface area (Å²) >= 11 is 0. The second kappa shape index (κ2) is 10.7. The fraction of sp³-hybridized carbons (Fsp3) is 0.375. The van der Waals surface area contributed by atoms with Crippen LogP contribution in [0.4, 0.5) is 0 Å². The summed E-state index contributed by atoms with van der Waals surface area (Å²) in [4.78, 5) is 39.6.